The van der Waals surface area contributed by atoms with Gasteiger partial charge in [0.1, 0.15) is 0 Å². The number of aliphatic hydroxyl groups is 1. The maximum Gasteiger partial charge on any atom is 0.0826 e. The minimum Gasteiger partial charge on any atom is -0.388 e. The molecule has 82 valence electrons. The number of halogens is 1. The molecular formula is C11H14BrNOS. The van der Waals surface area contributed by atoms with E-state index in [9.17, 15) is 5.11 Å². The summed E-state index contributed by atoms with van der Waals surface area (Å²) in [4.78, 5) is 4.31. The summed E-state index contributed by atoms with van der Waals surface area (Å²) in [7, 11) is 0. The molecule has 4 heteroatoms. The molecule has 1 aliphatic heterocycles. The highest BCUT2D eigenvalue weighted by Crippen LogP contribution is 2.37. The van der Waals surface area contributed by atoms with Crippen molar-refractivity contribution in [3.8, 4) is 0 Å². The highest BCUT2D eigenvalue weighted by Gasteiger charge is 2.39. The van der Waals surface area contributed by atoms with Crippen molar-refractivity contribution >= 4 is 27.7 Å². The summed E-state index contributed by atoms with van der Waals surface area (Å²) in [6.45, 7) is 2.09. The first-order valence-electron chi connectivity index (χ1n) is 5.04. The Balaban J connectivity index is 2.11. The van der Waals surface area contributed by atoms with Crippen molar-refractivity contribution in [2.45, 2.75) is 30.6 Å². The SMILES string of the molecule is CC1SCCC1(O)Cc1ccc(Br)cn1. The Bertz CT molecular complexity index is 343. The summed E-state index contributed by atoms with van der Waals surface area (Å²) >= 11 is 5.19. The zero-order chi connectivity index (χ0) is 10.9. The lowest BCUT2D eigenvalue weighted by molar-refractivity contribution is 0.0455. The van der Waals surface area contributed by atoms with Crippen LogP contribution in [-0.4, -0.2) is 26.7 Å². The highest BCUT2D eigenvalue weighted by atomic mass is 79.9. The van der Waals surface area contributed by atoms with Crippen molar-refractivity contribution in [1.82, 2.24) is 4.98 Å². The van der Waals surface area contributed by atoms with Gasteiger partial charge in [-0.3, -0.25) is 4.98 Å². The number of rotatable bonds is 2. The fourth-order valence-electron chi connectivity index (χ4n) is 1.83. The average Bonchev–Trinajstić information content (AvgIpc) is 2.51. The quantitative estimate of drug-likeness (QED) is 0.908. The smallest absolute Gasteiger partial charge is 0.0826 e. The molecule has 2 rings (SSSR count). The van der Waals surface area contributed by atoms with E-state index in [1.807, 2.05) is 23.9 Å². The predicted molar refractivity (Wildman–Crippen MR) is 67.1 cm³/mol. The molecule has 2 atom stereocenters. The number of nitrogens with zero attached hydrogens (tertiary/aromatic N) is 1. The molecule has 1 saturated heterocycles. The minimum atomic E-state index is -0.564. The van der Waals surface area contributed by atoms with E-state index in [-0.39, 0.29) is 0 Å². The van der Waals surface area contributed by atoms with Gasteiger partial charge in [0.2, 0.25) is 0 Å². The van der Waals surface area contributed by atoms with Crippen LogP contribution in [0.5, 0.6) is 0 Å². The van der Waals surface area contributed by atoms with Gasteiger partial charge in [-0.2, -0.15) is 11.8 Å². The van der Waals surface area contributed by atoms with E-state index in [0.717, 1.165) is 22.3 Å². The molecule has 0 aliphatic carbocycles. The van der Waals surface area contributed by atoms with Gasteiger partial charge in [0, 0.05) is 28.0 Å². The molecule has 0 spiro atoms. The fraction of sp³-hybridized carbons (Fsp3) is 0.545. The molecule has 2 heterocycles. The van der Waals surface area contributed by atoms with Crippen LogP contribution in [0.3, 0.4) is 0 Å². The second kappa shape index (κ2) is 4.44. The summed E-state index contributed by atoms with van der Waals surface area (Å²) in [5.74, 6) is 1.05. The normalized spacial score (nSPS) is 30.7. The Labute approximate surface area is 103 Å². The monoisotopic (exact) mass is 287 g/mol. The molecule has 0 aromatic carbocycles. The number of thioether (sulfide) groups is 1. The van der Waals surface area contributed by atoms with Gasteiger partial charge < -0.3 is 5.11 Å². The molecule has 2 nitrogen and oxygen atoms in total. The van der Waals surface area contributed by atoms with Gasteiger partial charge in [0.25, 0.3) is 0 Å². The fourth-order valence-corrected chi connectivity index (χ4v) is 3.40. The molecule has 1 fully saturated rings. The highest BCUT2D eigenvalue weighted by molar-refractivity contribution is 9.10. The third kappa shape index (κ3) is 2.55. The zero-order valence-corrected chi connectivity index (χ0v) is 11.0. The van der Waals surface area contributed by atoms with E-state index < -0.39 is 5.60 Å². The van der Waals surface area contributed by atoms with Crippen LogP contribution in [0.15, 0.2) is 22.8 Å². The lowest BCUT2D eigenvalue weighted by atomic mass is 9.91. The van der Waals surface area contributed by atoms with Crippen molar-refractivity contribution in [3.63, 3.8) is 0 Å². The van der Waals surface area contributed by atoms with Gasteiger partial charge in [-0.1, -0.05) is 6.92 Å². The number of hydrogen-bond acceptors (Lipinski definition) is 3. The Morgan fingerprint density at radius 2 is 2.47 bits per heavy atom. The van der Waals surface area contributed by atoms with Crippen LogP contribution in [0, 0.1) is 0 Å². The van der Waals surface area contributed by atoms with Crippen LogP contribution in [-0.2, 0) is 6.42 Å². The first kappa shape index (κ1) is 11.4. The van der Waals surface area contributed by atoms with Crippen molar-refractivity contribution in [2.75, 3.05) is 5.75 Å². The van der Waals surface area contributed by atoms with Crippen LogP contribution >= 0.6 is 27.7 Å². The van der Waals surface area contributed by atoms with Gasteiger partial charge in [-0.05, 0) is 40.2 Å². The Morgan fingerprint density at radius 1 is 1.67 bits per heavy atom. The molecule has 0 saturated carbocycles. The lowest BCUT2D eigenvalue weighted by Crippen LogP contribution is -2.37. The lowest BCUT2D eigenvalue weighted by Gasteiger charge is -2.26. The molecule has 15 heavy (non-hydrogen) atoms. The second-order valence-corrected chi connectivity index (χ2v) is 6.38. The summed E-state index contributed by atoms with van der Waals surface area (Å²) < 4.78 is 0.979. The van der Waals surface area contributed by atoms with E-state index in [0.29, 0.717) is 11.7 Å². The van der Waals surface area contributed by atoms with E-state index in [1.165, 1.54) is 0 Å². The van der Waals surface area contributed by atoms with Crippen molar-refractivity contribution in [1.29, 1.82) is 0 Å². The third-order valence-corrected chi connectivity index (χ3v) is 4.78. The second-order valence-electron chi connectivity index (χ2n) is 4.01. The number of hydrogen-bond donors (Lipinski definition) is 1. The Hall–Kier alpha value is -0.0600. The summed E-state index contributed by atoms with van der Waals surface area (Å²) in [6, 6.07) is 3.94. The van der Waals surface area contributed by atoms with Gasteiger partial charge in [-0.15, -0.1) is 0 Å². The van der Waals surface area contributed by atoms with Crippen LogP contribution in [0.2, 0.25) is 0 Å². The molecule has 1 aromatic rings. The number of aromatic nitrogens is 1. The van der Waals surface area contributed by atoms with E-state index >= 15 is 0 Å². The van der Waals surface area contributed by atoms with Crippen LogP contribution in [0.1, 0.15) is 19.0 Å². The molecule has 1 N–H and O–H groups in total. The average molecular weight is 288 g/mol. The van der Waals surface area contributed by atoms with Gasteiger partial charge in [0.05, 0.1) is 5.60 Å². The minimum absolute atomic E-state index is 0.308. The maximum absolute atomic E-state index is 10.4. The summed E-state index contributed by atoms with van der Waals surface area (Å²) in [6.07, 6.45) is 3.32. The molecule has 0 amide bonds. The zero-order valence-electron chi connectivity index (χ0n) is 8.61. The maximum atomic E-state index is 10.4. The topological polar surface area (TPSA) is 33.1 Å². The van der Waals surface area contributed by atoms with E-state index in [4.69, 9.17) is 0 Å². The van der Waals surface area contributed by atoms with E-state index in [1.54, 1.807) is 6.20 Å². The van der Waals surface area contributed by atoms with E-state index in [2.05, 4.69) is 27.8 Å². The van der Waals surface area contributed by atoms with Crippen molar-refractivity contribution in [3.05, 3.63) is 28.5 Å². The van der Waals surface area contributed by atoms with Gasteiger partial charge >= 0.3 is 0 Å². The molecule has 1 aliphatic rings. The van der Waals surface area contributed by atoms with Crippen molar-refractivity contribution < 1.29 is 5.11 Å². The van der Waals surface area contributed by atoms with Crippen molar-refractivity contribution in [2.24, 2.45) is 0 Å². The van der Waals surface area contributed by atoms with Crippen LogP contribution < -0.4 is 0 Å². The third-order valence-electron chi connectivity index (χ3n) is 2.94. The molecule has 0 bridgehead atoms. The summed E-state index contributed by atoms with van der Waals surface area (Å²) in [5.41, 5.74) is 0.404. The molecule has 1 aromatic heterocycles. The van der Waals surface area contributed by atoms with Gasteiger partial charge in [-0.25, -0.2) is 0 Å². The van der Waals surface area contributed by atoms with Crippen LogP contribution in [0.4, 0.5) is 0 Å². The number of pyridine rings is 1. The Morgan fingerprint density at radius 3 is 3.00 bits per heavy atom. The first-order valence-corrected chi connectivity index (χ1v) is 6.89. The van der Waals surface area contributed by atoms with Gasteiger partial charge in [0.15, 0.2) is 0 Å². The molecule has 2 unspecified atom stereocenters. The predicted octanol–water partition coefficient (Wildman–Crippen LogP) is 2.64. The molecule has 0 radical (unpaired) electrons. The molecular weight excluding hydrogens is 274 g/mol. The summed E-state index contributed by atoms with van der Waals surface area (Å²) in [5, 5.41) is 10.7. The first-order chi connectivity index (χ1) is 7.10. The van der Waals surface area contributed by atoms with Crippen LogP contribution in [0.25, 0.3) is 0 Å². The standard InChI is InChI=1S/C11H14BrNOS/c1-8-11(14,4-5-15-8)6-10-3-2-9(12)7-13-10/h2-3,7-8,14H,4-6H2,1H3. The largest absolute Gasteiger partial charge is 0.388 e. The Kier molecular flexibility index (Phi) is 3.38.